The van der Waals surface area contributed by atoms with Crippen LogP contribution in [-0.2, 0) is 27.1 Å². The fourth-order valence-corrected chi connectivity index (χ4v) is 16.6. The first-order valence-corrected chi connectivity index (χ1v) is 24.7. The average molecular weight is 824 g/mol. The van der Waals surface area contributed by atoms with Crippen LogP contribution in [0, 0.1) is 29.1 Å². The zero-order valence-corrected chi connectivity index (χ0v) is 39.0. The molecule has 4 saturated carbocycles. The first-order valence-electron chi connectivity index (χ1n) is 24.7. The molecular formula is C62H65N. The molecule has 7 aliphatic carbocycles. The van der Waals surface area contributed by atoms with Gasteiger partial charge < -0.3 is 4.90 Å². The van der Waals surface area contributed by atoms with Crippen LogP contribution >= 0.6 is 0 Å². The highest BCUT2D eigenvalue weighted by molar-refractivity contribution is 6.01. The fraction of sp³-hybridized carbons (Fsp3) is 0.419. The van der Waals surface area contributed by atoms with Gasteiger partial charge in [-0.3, -0.25) is 0 Å². The molecule has 6 aromatic carbocycles. The summed E-state index contributed by atoms with van der Waals surface area (Å²) < 4.78 is 0. The lowest BCUT2D eigenvalue weighted by Crippen LogP contribution is -2.73. The molecule has 1 heteroatoms. The van der Waals surface area contributed by atoms with Gasteiger partial charge in [-0.1, -0.05) is 165 Å². The van der Waals surface area contributed by atoms with Crippen LogP contribution in [0.25, 0.3) is 33.4 Å². The number of hydrogen-bond acceptors (Lipinski definition) is 1. The van der Waals surface area contributed by atoms with Crippen molar-refractivity contribution in [3.05, 3.63) is 161 Å². The van der Waals surface area contributed by atoms with Crippen LogP contribution in [0.4, 0.5) is 17.1 Å². The van der Waals surface area contributed by atoms with Gasteiger partial charge >= 0.3 is 0 Å². The summed E-state index contributed by atoms with van der Waals surface area (Å²) in [5.74, 6) is 3.42. The van der Waals surface area contributed by atoms with E-state index in [1.54, 1.807) is 11.1 Å². The van der Waals surface area contributed by atoms with Crippen molar-refractivity contribution in [2.75, 3.05) is 4.90 Å². The van der Waals surface area contributed by atoms with Crippen LogP contribution in [0.3, 0.4) is 0 Å². The summed E-state index contributed by atoms with van der Waals surface area (Å²) >= 11 is 0. The van der Waals surface area contributed by atoms with Gasteiger partial charge in [0.2, 0.25) is 0 Å². The maximum absolute atomic E-state index is 2.75. The van der Waals surface area contributed by atoms with Crippen LogP contribution < -0.4 is 4.90 Å². The Kier molecular flexibility index (Phi) is 7.63. The Balaban J connectivity index is 1.11. The van der Waals surface area contributed by atoms with E-state index in [1.807, 2.05) is 0 Å². The second-order valence-corrected chi connectivity index (χ2v) is 24.2. The molecule has 0 N–H and O–H groups in total. The number of para-hydroxylation sites is 2. The molecule has 2 spiro atoms. The van der Waals surface area contributed by atoms with Gasteiger partial charge in [-0.2, -0.15) is 0 Å². The van der Waals surface area contributed by atoms with E-state index in [-0.39, 0.29) is 27.1 Å². The number of rotatable bonds is 5. The molecule has 318 valence electrons. The largest absolute Gasteiger partial charge is 0.309 e. The van der Waals surface area contributed by atoms with Crippen LogP contribution in [-0.4, -0.2) is 0 Å². The third kappa shape index (κ3) is 4.75. The molecule has 6 aromatic rings. The van der Waals surface area contributed by atoms with Gasteiger partial charge in [-0.25, -0.2) is 0 Å². The highest BCUT2D eigenvalue weighted by atomic mass is 15.2. The standard InChI is InChI=1S/C62H65N/c1-57(2)30-32-59(5,6)55-42(21-15-25-47(55)57)40-18-10-13-27-49(40)63(50-28-14-11-19-41(50)43-22-16-26-48-56(43)60(7,8)33-31-58(48,3)4)51-29-17-24-46-54(51)44-20-9-12-23-45(44)62(46)52-35-38-34-39-36-53(62)61(39,52)37-38/h9-29,38-39,52-53H,30-37H2,1-8H3. The van der Waals surface area contributed by atoms with Gasteiger partial charge in [0.1, 0.15) is 0 Å². The molecule has 4 fully saturated rings. The Hall–Kier alpha value is -4.88. The minimum absolute atomic E-state index is 0.0551. The maximum atomic E-state index is 2.75. The lowest BCUT2D eigenvalue weighted by Gasteiger charge is -2.76. The molecule has 0 radical (unpaired) electrons. The van der Waals surface area contributed by atoms with Gasteiger partial charge in [0.15, 0.2) is 0 Å². The second kappa shape index (κ2) is 12.5. The Labute approximate surface area is 377 Å². The van der Waals surface area contributed by atoms with E-state index in [9.17, 15) is 0 Å². The molecule has 0 aliphatic heterocycles. The predicted octanol–water partition coefficient (Wildman–Crippen LogP) is 16.5. The Morgan fingerprint density at radius 1 is 0.397 bits per heavy atom. The van der Waals surface area contributed by atoms with Crippen molar-refractivity contribution < 1.29 is 0 Å². The van der Waals surface area contributed by atoms with Gasteiger partial charge in [-0.05, 0) is 170 Å². The predicted molar refractivity (Wildman–Crippen MR) is 264 cm³/mol. The Morgan fingerprint density at radius 3 is 1.43 bits per heavy atom. The fourth-order valence-electron chi connectivity index (χ4n) is 16.6. The lowest BCUT2D eigenvalue weighted by molar-refractivity contribution is -0.231. The third-order valence-electron chi connectivity index (χ3n) is 19.4. The molecule has 0 aromatic heterocycles. The SMILES string of the molecule is CC1(C)CCC(C)(C)c2c(-c3ccccc3N(c3ccccc3-c3cccc4c3C(C)(C)CCC4(C)C)c3cccc4c3-c3ccccc3C43C4CC5CC6CC3C64C5)cccc21. The Bertz CT molecular complexity index is 2800. The van der Waals surface area contributed by atoms with Crippen LogP contribution in [0.2, 0.25) is 0 Å². The summed E-state index contributed by atoms with van der Waals surface area (Å²) in [4.78, 5) is 2.75. The van der Waals surface area contributed by atoms with E-state index >= 15 is 0 Å². The molecule has 1 nitrogen and oxygen atoms in total. The highest BCUT2D eigenvalue weighted by Gasteiger charge is 2.84. The van der Waals surface area contributed by atoms with E-state index in [0.29, 0.717) is 5.41 Å². The maximum Gasteiger partial charge on any atom is 0.0543 e. The number of hydrogen-bond donors (Lipinski definition) is 0. The van der Waals surface area contributed by atoms with Crippen molar-refractivity contribution >= 4 is 17.1 Å². The van der Waals surface area contributed by atoms with Crippen molar-refractivity contribution in [2.45, 2.75) is 134 Å². The van der Waals surface area contributed by atoms with Crippen molar-refractivity contribution in [3.63, 3.8) is 0 Å². The van der Waals surface area contributed by atoms with Crippen molar-refractivity contribution in [1.82, 2.24) is 0 Å². The van der Waals surface area contributed by atoms with Crippen molar-refractivity contribution in [3.8, 4) is 33.4 Å². The van der Waals surface area contributed by atoms with Crippen molar-refractivity contribution in [1.29, 1.82) is 0 Å². The lowest BCUT2D eigenvalue weighted by atomic mass is 9.27. The van der Waals surface area contributed by atoms with E-state index in [0.717, 1.165) is 23.7 Å². The molecule has 0 saturated heterocycles. The van der Waals surface area contributed by atoms with E-state index in [2.05, 4.69) is 188 Å². The normalized spacial score (nSPS) is 29.7. The summed E-state index contributed by atoms with van der Waals surface area (Å²) in [6, 6.07) is 50.6. The van der Waals surface area contributed by atoms with Crippen LogP contribution in [0.5, 0.6) is 0 Å². The smallest absolute Gasteiger partial charge is 0.0543 e. The monoisotopic (exact) mass is 824 g/mol. The molecule has 7 aliphatic rings. The zero-order valence-electron chi connectivity index (χ0n) is 39.0. The summed E-state index contributed by atoms with van der Waals surface area (Å²) in [5, 5.41) is 0. The van der Waals surface area contributed by atoms with E-state index in [1.165, 1.54) is 124 Å². The summed E-state index contributed by atoms with van der Waals surface area (Å²) in [7, 11) is 0. The first-order chi connectivity index (χ1) is 30.2. The van der Waals surface area contributed by atoms with E-state index < -0.39 is 0 Å². The van der Waals surface area contributed by atoms with Crippen molar-refractivity contribution in [2.24, 2.45) is 29.1 Å². The summed E-state index contributed by atoms with van der Waals surface area (Å²) in [5.41, 5.74) is 22.6. The number of nitrogens with zero attached hydrogens (tertiary/aromatic N) is 1. The first kappa shape index (κ1) is 38.6. The summed E-state index contributed by atoms with van der Waals surface area (Å²) in [6.07, 6.45) is 10.6. The second-order valence-electron chi connectivity index (χ2n) is 24.2. The molecule has 6 atom stereocenters. The topological polar surface area (TPSA) is 3.24 Å². The van der Waals surface area contributed by atoms with Gasteiger partial charge in [0.25, 0.3) is 0 Å². The van der Waals surface area contributed by atoms with Crippen LogP contribution in [0.15, 0.2) is 127 Å². The molecule has 0 amide bonds. The van der Waals surface area contributed by atoms with Crippen LogP contribution in [0.1, 0.15) is 140 Å². The average Bonchev–Trinajstić information content (AvgIpc) is 3.92. The molecule has 6 unspecified atom stereocenters. The molecule has 63 heavy (non-hydrogen) atoms. The number of benzene rings is 6. The zero-order chi connectivity index (χ0) is 43.1. The molecule has 13 rings (SSSR count). The van der Waals surface area contributed by atoms with Gasteiger partial charge in [0, 0.05) is 22.1 Å². The Morgan fingerprint density at radius 2 is 0.841 bits per heavy atom. The van der Waals surface area contributed by atoms with Gasteiger partial charge in [0.05, 0.1) is 17.1 Å². The van der Waals surface area contributed by atoms with E-state index in [4.69, 9.17) is 0 Å². The quantitative estimate of drug-likeness (QED) is 0.167. The van der Waals surface area contributed by atoms with Gasteiger partial charge in [-0.15, -0.1) is 0 Å². The minimum atomic E-state index is 0.0551. The number of anilines is 3. The molecular weight excluding hydrogens is 759 g/mol. The highest BCUT2D eigenvalue weighted by Crippen LogP contribution is 2.90. The third-order valence-corrected chi connectivity index (χ3v) is 19.4. The number of fused-ring (bicyclic) bond motifs is 10. The minimum Gasteiger partial charge on any atom is -0.309 e. The molecule has 0 heterocycles. The summed E-state index contributed by atoms with van der Waals surface area (Å²) in [6.45, 7) is 19.8. The molecule has 2 bridgehead atoms.